The minimum atomic E-state index is -3.12. The van der Waals surface area contributed by atoms with Gasteiger partial charge in [-0.15, -0.1) is 0 Å². The summed E-state index contributed by atoms with van der Waals surface area (Å²) in [5.74, 6) is 0.871. The van der Waals surface area contributed by atoms with Gasteiger partial charge >= 0.3 is 0 Å². The molecule has 3 rings (SSSR count). The Morgan fingerprint density at radius 1 is 1.09 bits per heavy atom. The number of hydrogen-bond donors (Lipinski definition) is 0. The number of allylic oxidation sites excluding steroid dienone is 1. The van der Waals surface area contributed by atoms with E-state index >= 15 is 0 Å². The standard InChI is InChI=1S/C26H34N2O4S/c1-3-33(30,31)27(2)24-16-19-28(20-17-24)18-7-21-32-25-13-11-23(12-14-25)26(29)15-10-22-8-5-4-6-9-22/h4-6,8-15,24H,3,7,16-21H2,1-2H3. The number of carbonyl (C=O) groups excluding carboxylic acids is 1. The van der Waals surface area contributed by atoms with Gasteiger partial charge in [-0.25, -0.2) is 12.7 Å². The Kier molecular flexibility index (Phi) is 9.23. The predicted molar refractivity (Wildman–Crippen MR) is 133 cm³/mol. The minimum absolute atomic E-state index is 0.0359. The van der Waals surface area contributed by atoms with E-state index in [1.807, 2.05) is 48.5 Å². The van der Waals surface area contributed by atoms with Crippen LogP contribution in [0.25, 0.3) is 6.08 Å². The molecule has 2 aromatic rings. The zero-order chi connectivity index (χ0) is 23.7. The average molecular weight is 471 g/mol. The summed E-state index contributed by atoms with van der Waals surface area (Å²) >= 11 is 0. The van der Waals surface area contributed by atoms with Crippen LogP contribution in [-0.2, 0) is 10.0 Å². The third-order valence-corrected chi connectivity index (χ3v) is 8.03. The van der Waals surface area contributed by atoms with Crippen LogP contribution in [0.4, 0.5) is 0 Å². The van der Waals surface area contributed by atoms with Crippen LogP contribution < -0.4 is 4.74 Å². The minimum Gasteiger partial charge on any atom is -0.494 e. The number of ether oxygens (including phenoxy) is 1. The Morgan fingerprint density at radius 3 is 2.39 bits per heavy atom. The second-order valence-corrected chi connectivity index (χ2v) is 10.6. The lowest BCUT2D eigenvalue weighted by atomic mass is 10.1. The van der Waals surface area contributed by atoms with E-state index in [1.165, 1.54) is 0 Å². The smallest absolute Gasteiger partial charge is 0.213 e. The fraction of sp³-hybridized carbons (Fsp3) is 0.423. The van der Waals surface area contributed by atoms with E-state index in [1.54, 1.807) is 36.5 Å². The van der Waals surface area contributed by atoms with Crippen LogP contribution in [0.1, 0.15) is 42.1 Å². The molecule has 0 atom stereocenters. The molecule has 1 saturated heterocycles. The van der Waals surface area contributed by atoms with Crippen molar-refractivity contribution in [3.8, 4) is 5.75 Å². The molecule has 1 fully saturated rings. The van der Waals surface area contributed by atoms with E-state index in [9.17, 15) is 13.2 Å². The highest BCUT2D eigenvalue weighted by Gasteiger charge is 2.28. The number of rotatable bonds is 11. The van der Waals surface area contributed by atoms with Crippen molar-refractivity contribution >= 4 is 21.9 Å². The van der Waals surface area contributed by atoms with Gasteiger partial charge in [0.25, 0.3) is 0 Å². The Bertz CT molecular complexity index is 1010. The highest BCUT2D eigenvalue weighted by molar-refractivity contribution is 7.89. The highest BCUT2D eigenvalue weighted by Crippen LogP contribution is 2.19. The largest absolute Gasteiger partial charge is 0.494 e. The van der Waals surface area contributed by atoms with E-state index in [2.05, 4.69) is 4.90 Å². The number of sulfonamides is 1. The van der Waals surface area contributed by atoms with Gasteiger partial charge in [0, 0.05) is 25.2 Å². The molecule has 1 heterocycles. The molecular weight excluding hydrogens is 436 g/mol. The molecule has 1 aliphatic rings. The zero-order valence-corrected chi connectivity index (χ0v) is 20.3. The highest BCUT2D eigenvalue weighted by atomic mass is 32.2. The molecule has 0 amide bonds. The molecule has 33 heavy (non-hydrogen) atoms. The molecule has 2 aromatic carbocycles. The monoisotopic (exact) mass is 470 g/mol. The van der Waals surface area contributed by atoms with Gasteiger partial charge in [-0.3, -0.25) is 4.79 Å². The topological polar surface area (TPSA) is 66.9 Å². The first-order valence-electron chi connectivity index (χ1n) is 11.6. The quantitative estimate of drug-likeness (QED) is 0.281. The Balaban J connectivity index is 1.36. The van der Waals surface area contributed by atoms with E-state index in [4.69, 9.17) is 4.74 Å². The molecule has 0 radical (unpaired) electrons. The van der Waals surface area contributed by atoms with Crippen molar-refractivity contribution in [3.63, 3.8) is 0 Å². The van der Waals surface area contributed by atoms with Crippen LogP contribution in [0, 0.1) is 0 Å². The summed E-state index contributed by atoms with van der Waals surface area (Å²) in [6, 6.07) is 17.1. The van der Waals surface area contributed by atoms with Gasteiger partial charge in [-0.1, -0.05) is 36.4 Å². The van der Waals surface area contributed by atoms with Crippen molar-refractivity contribution in [1.29, 1.82) is 0 Å². The molecule has 0 aromatic heterocycles. The maximum Gasteiger partial charge on any atom is 0.213 e. The van der Waals surface area contributed by atoms with Gasteiger partial charge in [-0.05, 0) is 75.2 Å². The third-order valence-electron chi connectivity index (χ3n) is 6.13. The van der Waals surface area contributed by atoms with Crippen LogP contribution in [0.5, 0.6) is 5.75 Å². The number of ketones is 1. The van der Waals surface area contributed by atoms with Gasteiger partial charge in [0.05, 0.1) is 12.4 Å². The molecule has 178 valence electrons. The fourth-order valence-electron chi connectivity index (χ4n) is 3.96. The molecule has 6 nitrogen and oxygen atoms in total. The van der Waals surface area contributed by atoms with Gasteiger partial charge in [0.15, 0.2) is 5.78 Å². The van der Waals surface area contributed by atoms with E-state index in [-0.39, 0.29) is 17.6 Å². The maximum absolute atomic E-state index is 12.3. The van der Waals surface area contributed by atoms with Crippen LogP contribution in [-0.4, -0.2) is 68.5 Å². The Labute approximate surface area is 197 Å². The first-order valence-corrected chi connectivity index (χ1v) is 13.2. The summed E-state index contributed by atoms with van der Waals surface area (Å²) in [6.07, 6.45) is 6.03. The number of piperidine rings is 1. The summed E-state index contributed by atoms with van der Waals surface area (Å²) in [5, 5.41) is 0. The van der Waals surface area contributed by atoms with E-state index in [0.29, 0.717) is 12.2 Å². The molecule has 7 heteroatoms. The summed E-state index contributed by atoms with van der Waals surface area (Å²) in [4.78, 5) is 14.7. The fourth-order valence-corrected chi connectivity index (χ4v) is 5.04. The van der Waals surface area contributed by atoms with Crippen molar-refractivity contribution in [3.05, 3.63) is 71.8 Å². The Morgan fingerprint density at radius 2 is 1.76 bits per heavy atom. The van der Waals surface area contributed by atoms with Crippen LogP contribution >= 0.6 is 0 Å². The molecule has 0 N–H and O–H groups in total. The summed E-state index contributed by atoms with van der Waals surface area (Å²) in [6.45, 7) is 5.03. The van der Waals surface area contributed by atoms with Crippen LogP contribution in [0.2, 0.25) is 0 Å². The molecular formula is C26H34N2O4S. The van der Waals surface area contributed by atoms with Gasteiger partial charge in [0.1, 0.15) is 5.75 Å². The molecule has 0 aliphatic carbocycles. The lowest BCUT2D eigenvalue weighted by molar-refractivity contribution is 0.104. The molecule has 0 bridgehead atoms. The van der Waals surface area contributed by atoms with Crippen molar-refractivity contribution in [2.75, 3.05) is 39.0 Å². The SMILES string of the molecule is CCS(=O)(=O)N(C)C1CCN(CCCOc2ccc(C(=O)C=Cc3ccccc3)cc2)CC1. The maximum atomic E-state index is 12.3. The van der Waals surface area contributed by atoms with Gasteiger partial charge < -0.3 is 9.64 Å². The zero-order valence-electron chi connectivity index (χ0n) is 19.5. The first kappa shape index (κ1) is 25.1. The third kappa shape index (κ3) is 7.52. The average Bonchev–Trinajstić information content (AvgIpc) is 2.86. The molecule has 1 aliphatic heterocycles. The van der Waals surface area contributed by atoms with E-state index < -0.39 is 10.0 Å². The summed E-state index contributed by atoms with van der Waals surface area (Å²) in [7, 11) is -1.42. The molecule has 0 spiro atoms. The van der Waals surface area contributed by atoms with Crippen molar-refractivity contribution in [2.45, 2.75) is 32.2 Å². The van der Waals surface area contributed by atoms with Gasteiger partial charge in [-0.2, -0.15) is 0 Å². The lowest BCUT2D eigenvalue weighted by Gasteiger charge is -2.36. The number of hydrogen-bond acceptors (Lipinski definition) is 5. The lowest BCUT2D eigenvalue weighted by Crippen LogP contribution is -2.46. The first-order chi connectivity index (χ1) is 15.9. The number of benzene rings is 2. The van der Waals surface area contributed by atoms with E-state index in [0.717, 1.165) is 50.2 Å². The van der Waals surface area contributed by atoms with Crippen molar-refractivity contribution in [2.24, 2.45) is 0 Å². The molecule has 0 saturated carbocycles. The van der Waals surface area contributed by atoms with Crippen molar-refractivity contribution in [1.82, 2.24) is 9.21 Å². The Hall–Kier alpha value is -2.48. The second-order valence-electron chi connectivity index (χ2n) is 8.32. The number of likely N-dealkylation sites (tertiary alicyclic amines) is 1. The van der Waals surface area contributed by atoms with Crippen LogP contribution in [0.3, 0.4) is 0 Å². The summed E-state index contributed by atoms with van der Waals surface area (Å²) < 4.78 is 31.5. The number of carbonyl (C=O) groups is 1. The van der Waals surface area contributed by atoms with Crippen molar-refractivity contribution < 1.29 is 17.9 Å². The second kappa shape index (κ2) is 12.1. The molecule has 0 unspecified atom stereocenters. The predicted octanol–water partition coefficient (Wildman–Crippen LogP) is 4.10. The normalized spacial score (nSPS) is 15.8. The summed E-state index contributed by atoms with van der Waals surface area (Å²) in [5.41, 5.74) is 1.63. The van der Waals surface area contributed by atoms with Gasteiger partial charge in [0.2, 0.25) is 10.0 Å². The number of nitrogens with zero attached hydrogens (tertiary/aromatic N) is 2. The van der Waals surface area contributed by atoms with Crippen LogP contribution in [0.15, 0.2) is 60.7 Å².